The lowest BCUT2D eigenvalue weighted by Crippen LogP contribution is -2.22. The molecule has 0 unspecified atom stereocenters. The molecule has 2 aromatic carbocycles. The van der Waals surface area contributed by atoms with Gasteiger partial charge in [0.05, 0.1) is 18.4 Å². The zero-order valence-electron chi connectivity index (χ0n) is 16.3. The van der Waals surface area contributed by atoms with E-state index in [0.717, 1.165) is 28.3 Å². The fourth-order valence-corrected chi connectivity index (χ4v) is 4.00. The first kappa shape index (κ1) is 20.1. The fourth-order valence-electron chi connectivity index (χ4n) is 3.21. The summed E-state index contributed by atoms with van der Waals surface area (Å²) in [6.45, 7) is 2.35. The third-order valence-corrected chi connectivity index (χ3v) is 5.72. The number of amides is 1. The van der Waals surface area contributed by atoms with E-state index in [1.807, 2.05) is 47.9 Å². The van der Waals surface area contributed by atoms with E-state index >= 15 is 0 Å². The van der Waals surface area contributed by atoms with Gasteiger partial charge in [-0.15, -0.1) is 0 Å². The number of rotatable bonds is 6. The number of hydrogen-bond acceptors (Lipinski definition) is 5. The van der Waals surface area contributed by atoms with Crippen molar-refractivity contribution >= 4 is 50.7 Å². The minimum Gasteiger partial charge on any atom is -0.497 e. The van der Waals surface area contributed by atoms with Crippen LogP contribution in [0, 0.1) is 6.92 Å². The Bertz CT molecular complexity index is 1240. The quantitative estimate of drug-likeness (QED) is 0.341. The third-order valence-electron chi connectivity index (χ3n) is 4.67. The Hall–Kier alpha value is -3.16. The average molecular weight is 440 g/mol. The predicted octanol–water partition coefficient (Wildman–Crippen LogP) is 4.94. The summed E-state index contributed by atoms with van der Waals surface area (Å²) in [6.07, 6.45) is 1.71. The molecule has 4 rings (SSSR count). The largest absolute Gasteiger partial charge is 0.497 e. The van der Waals surface area contributed by atoms with Gasteiger partial charge in [0, 0.05) is 28.7 Å². The fraction of sp³-hybridized carbons (Fsp3) is 0.136. The smallest absolute Gasteiger partial charge is 0.297 e. The van der Waals surface area contributed by atoms with Crippen LogP contribution in [0.25, 0.3) is 10.9 Å². The summed E-state index contributed by atoms with van der Waals surface area (Å²) in [7, 11) is 1.56. The Kier molecular flexibility index (Phi) is 5.57. The Morgan fingerprint density at radius 3 is 2.60 bits per heavy atom. The van der Waals surface area contributed by atoms with Crippen molar-refractivity contribution in [2.75, 3.05) is 12.4 Å². The Balaban J connectivity index is 1.71. The first-order valence-corrected chi connectivity index (χ1v) is 10.3. The molecule has 8 heteroatoms. The maximum absolute atomic E-state index is 13.0. The van der Waals surface area contributed by atoms with E-state index in [2.05, 4.69) is 9.69 Å². The number of nitrogens with one attached hydrogen (secondary N) is 1. The van der Waals surface area contributed by atoms with Gasteiger partial charge in [-0.05, 0) is 60.4 Å². The summed E-state index contributed by atoms with van der Waals surface area (Å²) in [6, 6.07) is 14.7. The Morgan fingerprint density at radius 1 is 1.17 bits per heavy atom. The lowest BCUT2D eigenvalue weighted by atomic mass is 10.1. The predicted molar refractivity (Wildman–Crippen MR) is 119 cm³/mol. The molecule has 4 aromatic rings. The molecule has 0 radical (unpaired) electrons. The zero-order chi connectivity index (χ0) is 21.3. The summed E-state index contributed by atoms with van der Waals surface area (Å²) in [4.78, 5) is 25.6. The van der Waals surface area contributed by atoms with Gasteiger partial charge in [0.15, 0.2) is 0 Å². The van der Waals surface area contributed by atoms with Crippen LogP contribution in [0.4, 0.5) is 5.00 Å². The number of anilines is 1. The van der Waals surface area contributed by atoms with Gasteiger partial charge in [-0.2, -0.15) is 4.37 Å². The second-order valence-corrected chi connectivity index (χ2v) is 8.04. The Morgan fingerprint density at radius 2 is 1.93 bits per heavy atom. The number of benzene rings is 2. The van der Waals surface area contributed by atoms with Crippen molar-refractivity contribution in [1.82, 2.24) is 8.94 Å². The van der Waals surface area contributed by atoms with Crippen molar-refractivity contribution in [2.24, 2.45) is 0 Å². The number of carbonyl (C=O) groups excluding carboxylic acids is 2. The molecule has 152 valence electrons. The van der Waals surface area contributed by atoms with E-state index in [4.69, 9.17) is 16.3 Å². The van der Waals surface area contributed by atoms with E-state index in [9.17, 15) is 9.59 Å². The molecule has 0 bridgehead atoms. The summed E-state index contributed by atoms with van der Waals surface area (Å²) >= 11 is 7.12. The maximum atomic E-state index is 13.0. The summed E-state index contributed by atoms with van der Waals surface area (Å²) < 4.78 is 11.4. The molecule has 1 amide bonds. The molecule has 0 aliphatic carbocycles. The number of Topliss-reactive ketones (excluding diaryl/α,β-unsaturated/α-hetero) is 1. The molecule has 6 nitrogen and oxygen atoms in total. The number of hydrogen-bond donors (Lipinski definition) is 1. The molecule has 1 N–H and O–H groups in total. The highest BCUT2D eigenvalue weighted by atomic mass is 35.5. The van der Waals surface area contributed by atoms with E-state index in [1.165, 1.54) is 0 Å². The van der Waals surface area contributed by atoms with Crippen LogP contribution in [0.2, 0.25) is 5.02 Å². The van der Waals surface area contributed by atoms with Crippen molar-refractivity contribution < 1.29 is 14.3 Å². The monoisotopic (exact) mass is 439 g/mol. The molecule has 0 aliphatic rings. The van der Waals surface area contributed by atoms with E-state index in [-0.39, 0.29) is 0 Å². The van der Waals surface area contributed by atoms with Crippen LogP contribution >= 0.6 is 23.1 Å². The second kappa shape index (κ2) is 8.30. The van der Waals surface area contributed by atoms with Gasteiger partial charge in [0.25, 0.3) is 11.7 Å². The molecule has 30 heavy (non-hydrogen) atoms. The van der Waals surface area contributed by atoms with Gasteiger partial charge in [0.2, 0.25) is 0 Å². The highest BCUT2D eigenvalue weighted by Crippen LogP contribution is 2.28. The maximum Gasteiger partial charge on any atom is 0.297 e. The van der Waals surface area contributed by atoms with E-state index in [1.54, 1.807) is 25.4 Å². The van der Waals surface area contributed by atoms with Crippen LogP contribution in [0.15, 0.2) is 54.7 Å². The van der Waals surface area contributed by atoms with Crippen molar-refractivity contribution in [2.45, 2.75) is 13.5 Å². The highest BCUT2D eigenvalue weighted by Gasteiger charge is 2.23. The van der Waals surface area contributed by atoms with Gasteiger partial charge >= 0.3 is 0 Å². The molecule has 0 saturated carbocycles. The number of aromatic nitrogens is 2. The van der Waals surface area contributed by atoms with Gasteiger partial charge < -0.3 is 14.6 Å². The van der Waals surface area contributed by atoms with Crippen LogP contribution in [-0.4, -0.2) is 27.7 Å². The van der Waals surface area contributed by atoms with Crippen molar-refractivity contribution in [3.05, 3.63) is 76.6 Å². The van der Waals surface area contributed by atoms with Crippen LogP contribution in [-0.2, 0) is 11.3 Å². The lowest BCUT2D eigenvalue weighted by Gasteiger charge is -2.06. The first-order chi connectivity index (χ1) is 14.4. The highest BCUT2D eigenvalue weighted by molar-refractivity contribution is 7.10. The first-order valence-electron chi connectivity index (χ1n) is 9.15. The van der Waals surface area contributed by atoms with Gasteiger partial charge in [-0.25, -0.2) is 0 Å². The number of aryl methyl sites for hydroxylation is 1. The number of fused-ring (bicyclic) bond motifs is 1. The lowest BCUT2D eigenvalue weighted by molar-refractivity contribution is -0.112. The second-order valence-electron chi connectivity index (χ2n) is 6.80. The summed E-state index contributed by atoms with van der Waals surface area (Å²) in [5.74, 6) is -0.708. The van der Waals surface area contributed by atoms with Gasteiger partial charge in [0.1, 0.15) is 10.8 Å². The van der Waals surface area contributed by atoms with Crippen LogP contribution in [0.1, 0.15) is 21.6 Å². The molecule has 0 atom stereocenters. The molecular formula is C22H18ClN3O3S. The number of ketones is 1. The van der Waals surface area contributed by atoms with Crippen molar-refractivity contribution in [3.63, 3.8) is 0 Å². The number of nitrogens with zero attached hydrogens (tertiary/aromatic N) is 2. The minimum absolute atomic E-state index is 0.316. The van der Waals surface area contributed by atoms with Crippen LogP contribution in [0.3, 0.4) is 0 Å². The molecular weight excluding hydrogens is 422 g/mol. The standard InChI is InChI=1S/C22H18ClN3O3S/c1-13-9-20(30-25-13)24-22(28)21(27)18-12-26(11-14-3-5-15(23)6-4-14)19-8-7-16(29-2)10-17(18)19/h3-10,12H,11H2,1-2H3,(H,24,28). The molecule has 0 aliphatic heterocycles. The third kappa shape index (κ3) is 4.08. The average Bonchev–Trinajstić information content (AvgIpc) is 3.31. The number of methoxy groups -OCH3 is 1. The molecule has 0 saturated heterocycles. The summed E-state index contributed by atoms with van der Waals surface area (Å²) in [5, 5.41) is 4.48. The normalized spacial score (nSPS) is 10.9. The number of carbonyl (C=O) groups is 2. The van der Waals surface area contributed by atoms with E-state index in [0.29, 0.717) is 33.3 Å². The zero-order valence-corrected chi connectivity index (χ0v) is 17.9. The van der Waals surface area contributed by atoms with Gasteiger partial charge in [-0.3, -0.25) is 9.59 Å². The van der Waals surface area contributed by atoms with Crippen molar-refractivity contribution in [1.29, 1.82) is 0 Å². The number of ether oxygens (including phenoxy) is 1. The van der Waals surface area contributed by atoms with E-state index < -0.39 is 11.7 Å². The molecule has 2 heterocycles. The Labute approximate surface area is 182 Å². The SMILES string of the molecule is COc1ccc2c(c1)c(C(=O)C(=O)Nc1cc(C)ns1)cn2Cc1ccc(Cl)cc1. The molecule has 0 fully saturated rings. The van der Waals surface area contributed by atoms with Crippen molar-refractivity contribution in [3.8, 4) is 5.75 Å². The topological polar surface area (TPSA) is 73.2 Å². The molecule has 2 aromatic heterocycles. The van der Waals surface area contributed by atoms with Gasteiger partial charge in [-0.1, -0.05) is 23.7 Å². The minimum atomic E-state index is -0.702. The number of halogens is 1. The van der Waals surface area contributed by atoms with Crippen LogP contribution in [0.5, 0.6) is 5.75 Å². The summed E-state index contributed by atoms with van der Waals surface area (Å²) in [5.41, 5.74) is 2.95. The molecule has 0 spiro atoms. The van der Waals surface area contributed by atoms with Crippen LogP contribution < -0.4 is 10.1 Å².